The van der Waals surface area contributed by atoms with Crippen molar-refractivity contribution in [3.63, 3.8) is 0 Å². The van der Waals surface area contributed by atoms with Gasteiger partial charge in [0.1, 0.15) is 0 Å². The molecule has 2 aliphatic carbocycles. The Labute approximate surface area is 175 Å². The van der Waals surface area contributed by atoms with Gasteiger partial charge in [0, 0.05) is 17.8 Å². The summed E-state index contributed by atoms with van der Waals surface area (Å²) in [5, 5.41) is 0. The van der Waals surface area contributed by atoms with Crippen LogP contribution in [-0.2, 0) is 0 Å². The molecule has 0 atom stereocenters. The Bertz CT molecular complexity index is 518. The van der Waals surface area contributed by atoms with Gasteiger partial charge in [-0.1, -0.05) is 71.3 Å². The van der Waals surface area contributed by atoms with Crippen LogP contribution in [0, 0.1) is 11.8 Å². The maximum absolute atomic E-state index is 4.96. The Morgan fingerprint density at radius 3 is 1.86 bits per heavy atom. The minimum atomic E-state index is 0.728. The van der Waals surface area contributed by atoms with E-state index in [2.05, 4.69) is 32.2 Å². The van der Waals surface area contributed by atoms with Crippen molar-refractivity contribution in [2.45, 2.75) is 128 Å². The van der Waals surface area contributed by atoms with E-state index in [-0.39, 0.29) is 0 Å². The van der Waals surface area contributed by atoms with Gasteiger partial charge in [-0.15, -0.1) is 0 Å². The fraction of sp³-hybridized carbons (Fsp3) is 0.815. The van der Waals surface area contributed by atoms with Crippen molar-refractivity contribution >= 4 is 0 Å². The van der Waals surface area contributed by atoms with Gasteiger partial charge in [0.25, 0.3) is 0 Å². The zero-order valence-electron chi connectivity index (χ0n) is 18.8. The lowest BCUT2D eigenvalue weighted by atomic mass is 9.76. The summed E-state index contributed by atoms with van der Waals surface area (Å²) in [5.74, 6) is 3.50. The lowest BCUT2D eigenvalue weighted by molar-refractivity contribution is 0.298. The summed E-state index contributed by atoms with van der Waals surface area (Å²) >= 11 is 0. The first kappa shape index (κ1) is 21.8. The Morgan fingerprint density at radius 2 is 1.29 bits per heavy atom. The summed E-state index contributed by atoms with van der Waals surface area (Å²) in [4.78, 5) is 4.96. The van der Waals surface area contributed by atoms with Crippen molar-refractivity contribution in [3.8, 4) is 0 Å². The van der Waals surface area contributed by atoms with E-state index in [0.717, 1.165) is 23.7 Å². The molecule has 0 aliphatic heterocycles. The molecule has 3 rings (SSSR count). The third kappa shape index (κ3) is 6.60. The molecule has 2 saturated carbocycles. The highest BCUT2D eigenvalue weighted by Crippen LogP contribution is 2.39. The van der Waals surface area contributed by atoms with Gasteiger partial charge in [0.15, 0.2) is 0 Å². The number of nitrogens with zero attached hydrogens (tertiary/aromatic N) is 1. The molecule has 1 aromatic heterocycles. The minimum Gasteiger partial charge on any atom is -0.261 e. The van der Waals surface area contributed by atoms with Crippen LogP contribution in [0.2, 0.25) is 0 Å². The molecule has 1 heterocycles. The summed E-state index contributed by atoms with van der Waals surface area (Å²) in [7, 11) is 0. The number of rotatable bonds is 10. The smallest absolute Gasteiger partial charge is 0.0434 e. The number of aromatic nitrogens is 1. The number of hydrogen-bond donors (Lipinski definition) is 0. The van der Waals surface area contributed by atoms with Gasteiger partial charge in [0.05, 0.1) is 0 Å². The first-order valence-electron chi connectivity index (χ1n) is 12.8. The van der Waals surface area contributed by atoms with Gasteiger partial charge in [-0.3, -0.25) is 4.98 Å². The molecule has 1 heteroatoms. The van der Waals surface area contributed by atoms with E-state index in [0.29, 0.717) is 0 Å². The van der Waals surface area contributed by atoms with Gasteiger partial charge in [0.2, 0.25) is 0 Å². The first-order valence-corrected chi connectivity index (χ1v) is 12.8. The van der Waals surface area contributed by atoms with E-state index in [1.807, 2.05) is 0 Å². The monoisotopic (exact) mass is 383 g/mol. The molecule has 0 spiro atoms. The Kier molecular flexibility index (Phi) is 9.35. The molecule has 0 N–H and O–H groups in total. The zero-order chi connectivity index (χ0) is 19.6. The SMILES string of the molecule is CCCCCCC1CCC(c2ccc(C3CCC(CCCC)CC3)cn2)CC1. The van der Waals surface area contributed by atoms with Crippen LogP contribution in [0.4, 0.5) is 0 Å². The van der Waals surface area contributed by atoms with Crippen LogP contribution < -0.4 is 0 Å². The Hall–Kier alpha value is -0.850. The van der Waals surface area contributed by atoms with Crippen molar-refractivity contribution in [2.75, 3.05) is 0 Å². The van der Waals surface area contributed by atoms with Crippen LogP contribution in [0.1, 0.15) is 140 Å². The second-order valence-electron chi connectivity index (χ2n) is 9.94. The highest BCUT2D eigenvalue weighted by Gasteiger charge is 2.25. The minimum absolute atomic E-state index is 0.728. The zero-order valence-corrected chi connectivity index (χ0v) is 18.8. The maximum Gasteiger partial charge on any atom is 0.0434 e. The molecule has 2 fully saturated rings. The lowest BCUT2D eigenvalue weighted by Gasteiger charge is -2.30. The molecule has 1 aromatic rings. The van der Waals surface area contributed by atoms with Crippen molar-refractivity contribution in [1.29, 1.82) is 0 Å². The highest BCUT2D eigenvalue weighted by molar-refractivity contribution is 5.21. The van der Waals surface area contributed by atoms with Crippen LogP contribution in [0.5, 0.6) is 0 Å². The number of hydrogen-bond acceptors (Lipinski definition) is 1. The van der Waals surface area contributed by atoms with Gasteiger partial charge < -0.3 is 0 Å². The van der Waals surface area contributed by atoms with E-state index in [1.165, 1.54) is 114 Å². The molecule has 0 amide bonds. The normalized spacial score (nSPS) is 28.4. The Balaban J connectivity index is 1.40. The topological polar surface area (TPSA) is 12.9 Å². The van der Waals surface area contributed by atoms with E-state index >= 15 is 0 Å². The molecular formula is C27H45N. The average molecular weight is 384 g/mol. The second-order valence-corrected chi connectivity index (χ2v) is 9.94. The fourth-order valence-electron chi connectivity index (χ4n) is 5.78. The van der Waals surface area contributed by atoms with Crippen molar-refractivity contribution in [3.05, 3.63) is 29.6 Å². The molecule has 0 saturated heterocycles. The summed E-state index contributed by atoms with van der Waals surface area (Å²) in [6, 6.07) is 4.81. The standard InChI is InChI=1S/C27H45N/c1-3-5-7-8-10-23-13-17-25(18-14-23)27-20-19-26(21-28-27)24-15-11-22(12-16-24)9-6-4-2/h19-25H,3-18H2,1-2H3. The fourth-order valence-corrected chi connectivity index (χ4v) is 5.78. The predicted octanol–water partition coefficient (Wildman–Crippen LogP) is 8.79. The van der Waals surface area contributed by atoms with E-state index in [9.17, 15) is 0 Å². The average Bonchev–Trinajstić information content (AvgIpc) is 2.76. The third-order valence-corrected chi connectivity index (χ3v) is 7.82. The second kappa shape index (κ2) is 12.0. The summed E-state index contributed by atoms with van der Waals surface area (Å²) in [6.07, 6.45) is 24.9. The number of unbranched alkanes of at least 4 members (excludes halogenated alkanes) is 4. The van der Waals surface area contributed by atoms with Crippen LogP contribution in [0.15, 0.2) is 18.3 Å². The van der Waals surface area contributed by atoms with E-state index in [1.54, 1.807) is 0 Å². The van der Waals surface area contributed by atoms with Gasteiger partial charge in [-0.25, -0.2) is 0 Å². The van der Waals surface area contributed by atoms with Crippen LogP contribution >= 0.6 is 0 Å². The third-order valence-electron chi connectivity index (χ3n) is 7.82. The van der Waals surface area contributed by atoms with Crippen LogP contribution in [-0.4, -0.2) is 4.98 Å². The first-order chi connectivity index (χ1) is 13.8. The molecule has 0 unspecified atom stereocenters. The van der Waals surface area contributed by atoms with Crippen LogP contribution in [0.25, 0.3) is 0 Å². The molecule has 1 nitrogen and oxygen atoms in total. The van der Waals surface area contributed by atoms with E-state index < -0.39 is 0 Å². The van der Waals surface area contributed by atoms with Gasteiger partial charge in [-0.05, 0) is 80.8 Å². The van der Waals surface area contributed by atoms with E-state index in [4.69, 9.17) is 4.98 Å². The Morgan fingerprint density at radius 1 is 0.679 bits per heavy atom. The summed E-state index contributed by atoms with van der Waals surface area (Å²) < 4.78 is 0. The number of pyridine rings is 1. The summed E-state index contributed by atoms with van der Waals surface area (Å²) in [6.45, 7) is 4.63. The van der Waals surface area contributed by atoms with Gasteiger partial charge >= 0.3 is 0 Å². The molecule has 2 aliphatic rings. The molecular weight excluding hydrogens is 338 g/mol. The van der Waals surface area contributed by atoms with Gasteiger partial charge in [-0.2, -0.15) is 0 Å². The van der Waals surface area contributed by atoms with Crippen LogP contribution in [0.3, 0.4) is 0 Å². The van der Waals surface area contributed by atoms with Crippen molar-refractivity contribution in [2.24, 2.45) is 11.8 Å². The molecule has 0 bridgehead atoms. The largest absolute Gasteiger partial charge is 0.261 e. The maximum atomic E-state index is 4.96. The quantitative estimate of drug-likeness (QED) is 0.368. The van der Waals surface area contributed by atoms with Crippen molar-refractivity contribution in [1.82, 2.24) is 4.98 Å². The molecule has 0 radical (unpaired) electrons. The molecule has 0 aromatic carbocycles. The lowest BCUT2D eigenvalue weighted by Crippen LogP contribution is -2.15. The predicted molar refractivity (Wildman–Crippen MR) is 122 cm³/mol. The molecule has 28 heavy (non-hydrogen) atoms. The van der Waals surface area contributed by atoms with Crippen molar-refractivity contribution < 1.29 is 0 Å². The highest BCUT2D eigenvalue weighted by atomic mass is 14.7. The molecule has 158 valence electrons. The summed E-state index contributed by atoms with van der Waals surface area (Å²) in [5.41, 5.74) is 2.90.